The molecule has 0 radical (unpaired) electrons. The lowest BCUT2D eigenvalue weighted by molar-refractivity contribution is -0.128. The van der Waals surface area contributed by atoms with Crippen molar-refractivity contribution in [2.75, 3.05) is 25.5 Å². The van der Waals surface area contributed by atoms with Crippen LogP contribution >= 0.6 is 0 Å². The summed E-state index contributed by atoms with van der Waals surface area (Å²) in [5, 5.41) is 3.21. The van der Waals surface area contributed by atoms with Crippen LogP contribution in [0.15, 0.2) is 18.2 Å². The van der Waals surface area contributed by atoms with E-state index in [1.54, 1.807) is 4.90 Å². The average molecular weight is 248 g/mol. The quantitative estimate of drug-likeness (QED) is 0.839. The van der Waals surface area contributed by atoms with Gasteiger partial charge in [-0.2, -0.15) is 0 Å². The first-order valence-corrected chi connectivity index (χ1v) is 6.59. The van der Waals surface area contributed by atoms with Gasteiger partial charge in [-0.3, -0.25) is 4.79 Å². The lowest BCUT2D eigenvalue weighted by Crippen LogP contribution is -2.33. The zero-order valence-corrected chi connectivity index (χ0v) is 11.9. The Morgan fingerprint density at radius 1 is 1.33 bits per heavy atom. The molecule has 0 heterocycles. The van der Waals surface area contributed by atoms with Gasteiger partial charge < -0.3 is 10.2 Å². The van der Waals surface area contributed by atoms with Crippen LogP contribution in [-0.4, -0.2) is 30.9 Å². The van der Waals surface area contributed by atoms with E-state index < -0.39 is 0 Å². The molecule has 0 aliphatic carbocycles. The average Bonchev–Trinajstić information content (AvgIpc) is 2.34. The Morgan fingerprint density at radius 3 is 2.67 bits per heavy atom. The summed E-state index contributed by atoms with van der Waals surface area (Å²) in [4.78, 5) is 13.7. The normalized spacial score (nSPS) is 10.2. The second kappa shape index (κ2) is 7.04. The first-order chi connectivity index (χ1) is 8.54. The van der Waals surface area contributed by atoms with Gasteiger partial charge in [0.2, 0.25) is 5.91 Å². The Balaban J connectivity index is 2.47. The molecule has 0 atom stereocenters. The number of hydrogen-bond acceptors (Lipinski definition) is 2. The van der Waals surface area contributed by atoms with Crippen LogP contribution in [-0.2, 0) is 4.79 Å². The van der Waals surface area contributed by atoms with Gasteiger partial charge in [0.15, 0.2) is 0 Å². The number of likely N-dealkylation sites (N-methyl/N-ethyl adjacent to an activating group) is 1. The molecule has 1 N–H and O–H groups in total. The minimum absolute atomic E-state index is 0.142. The van der Waals surface area contributed by atoms with Gasteiger partial charge in [0.1, 0.15) is 0 Å². The topological polar surface area (TPSA) is 32.3 Å². The molecule has 0 aliphatic rings. The van der Waals surface area contributed by atoms with E-state index in [0.29, 0.717) is 6.54 Å². The summed E-state index contributed by atoms with van der Waals surface area (Å²) in [6.45, 7) is 7.46. The van der Waals surface area contributed by atoms with Crippen LogP contribution in [0.1, 0.15) is 30.9 Å². The highest BCUT2D eigenvalue weighted by molar-refractivity contribution is 5.80. The summed E-state index contributed by atoms with van der Waals surface area (Å²) in [7, 11) is 1.86. The van der Waals surface area contributed by atoms with Crippen molar-refractivity contribution in [3.05, 3.63) is 29.3 Å². The molecule has 1 rings (SSSR count). The molecule has 18 heavy (non-hydrogen) atoms. The summed E-state index contributed by atoms with van der Waals surface area (Å²) in [5.41, 5.74) is 3.46. The summed E-state index contributed by atoms with van der Waals surface area (Å²) in [6.07, 6.45) is 2.17. The Labute approximate surface area is 110 Å². The number of carbonyl (C=O) groups is 1. The molecule has 0 aliphatic heterocycles. The van der Waals surface area contributed by atoms with Gasteiger partial charge in [-0.25, -0.2) is 0 Å². The number of nitrogens with zero attached hydrogens (tertiary/aromatic N) is 1. The number of unbranched alkanes of at least 4 members (excludes halogenated alkanes) is 1. The van der Waals surface area contributed by atoms with Crippen LogP contribution in [0.3, 0.4) is 0 Å². The van der Waals surface area contributed by atoms with E-state index in [4.69, 9.17) is 0 Å². The number of rotatable bonds is 6. The van der Waals surface area contributed by atoms with E-state index in [9.17, 15) is 4.79 Å². The monoisotopic (exact) mass is 248 g/mol. The van der Waals surface area contributed by atoms with Crippen LogP contribution < -0.4 is 5.32 Å². The summed E-state index contributed by atoms with van der Waals surface area (Å²) in [6, 6.07) is 6.21. The first-order valence-electron chi connectivity index (χ1n) is 6.59. The number of benzene rings is 1. The summed E-state index contributed by atoms with van der Waals surface area (Å²) < 4.78 is 0. The van der Waals surface area contributed by atoms with Crippen molar-refractivity contribution in [3.63, 3.8) is 0 Å². The van der Waals surface area contributed by atoms with Crippen LogP contribution in [0.4, 0.5) is 5.69 Å². The third kappa shape index (κ3) is 4.40. The molecular formula is C15H24N2O. The van der Waals surface area contributed by atoms with Crippen LogP contribution in [0.5, 0.6) is 0 Å². The maximum atomic E-state index is 11.9. The Bertz CT molecular complexity index is 401. The molecule has 0 saturated heterocycles. The van der Waals surface area contributed by atoms with Gasteiger partial charge in [-0.15, -0.1) is 0 Å². The van der Waals surface area contributed by atoms with Gasteiger partial charge in [0.05, 0.1) is 6.54 Å². The molecule has 1 aromatic carbocycles. The minimum Gasteiger partial charge on any atom is -0.376 e. The third-order valence-corrected chi connectivity index (χ3v) is 3.08. The lowest BCUT2D eigenvalue weighted by Gasteiger charge is -2.18. The van der Waals surface area contributed by atoms with Crippen molar-refractivity contribution in [3.8, 4) is 0 Å². The van der Waals surface area contributed by atoms with Crippen molar-refractivity contribution in [1.29, 1.82) is 0 Å². The van der Waals surface area contributed by atoms with Gasteiger partial charge in [0, 0.05) is 19.3 Å². The fourth-order valence-electron chi connectivity index (χ4n) is 1.84. The molecule has 1 amide bonds. The fraction of sp³-hybridized carbons (Fsp3) is 0.533. The maximum absolute atomic E-state index is 11.9. The second-order valence-electron chi connectivity index (χ2n) is 4.84. The highest BCUT2D eigenvalue weighted by Crippen LogP contribution is 2.15. The number of amides is 1. The number of nitrogens with one attached hydrogen (secondary N) is 1. The fourth-order valence-corrected chi connectivity index (χ4v) is 1.84. The van der Waals surface area contributed by atoms with Crippen molar-refractivity contribution in [2.45, 2.75) is 33.6 Å². The van der Waals surface area contributed by atoms with E-state index >= 15 is 0 Å². The van der Waals surface area contributed by atoms with Crippen LogP contribution in [0.2, 0.25) is 0 Å². The standard InChI is InChI=1S/C15H24N2O/c1-5-6-9-17(4)15(18)11-16-14-8-7-12(2)10-13(14)3/h7-8,10,16H,5-6,9,11H2,1-4H3. The maximum Gasteiger partial charge on any atom is 0.241 e. The molecular weight excluding hydrogens is 224 g/mol. The SMILES string of the molecule is CCCCN(C)C(=O)CNc1ccc(C)cc1C. The molecule has 3 heteroatoms. The van der Waals surface area contributed by atoms with Gasteiger partial charge in [-0.1, -0.05) is 31.0 Å². The molecule has 0 spiro atoms. The van der Waals surface area contributed by atoms with Crippen molar-refractivity contribution < 1.29 is 4.79 Å². The molecule has 0 fully saturated rings. The predicted octanol–water partition coefficient (Wildman–Crippen LogP) is 2.97. The number of anilines is 1. The van der Waals surface area contributed by atoms with E-state index in [1.807, 2.05) is 13.1 Å². The van der Waals surface area contributed by atoms with Gasteiger partial charge in [-0.05, 0) is 31.9 Å². The smallest absolute Gasteiger partial charge is 0.241 e. The lowest BCUT2D eigenvalue weighted by atomic mass is 10.1. The molecule has 0 unspecified atom stereocenters. The highest BCUT2D eigenvalue weighted by atomic mass is 16.2. The minimum atomic E-state index is 0.142. The summed E-state index contributed by atoms with van der Waals surface area (Å²) >= 11 is 0. The molecule has 0 saturated carbocycles. The predicted molar refractivity (Wildman–Crippen MR) is 77.0 cm³/mol. The molecule has 0 bridgehead atoms. The Kier molecular flexibility index (Phi) is 5.69. The Hall–Kier alpha value is -1.51. The Morgan fingerprint density at radius 2 is 2.06 bits per heavy atom. The highest BCUT2D eigenvalue weighted by Gasteiger charge is 2.08. The molecule has 3 nitrogen and oxygen atoms in total. The zero-order valence-electron chi connectivity index (χ0n) is 11.9. The van der Waals surface area contributed by atoms with Gasteiger partial charge in [0.25, 0.3) is 0 Å². The van der Waals surface area contributed by atoms with E-state index in [2.05, 4.69) is 38.2 Å². The number of hydrogen-bond donors (Lipinski definition) is 1. The summed E-state index contributed by atoms with van der Waals surface area (Å²) in [5.74, 6) is 0.142. The number of carbonyl (C=O) groups excluding carboxylic acids is 1. The van der Waals surface area contributed by atoms with Crippen LogP contribution in [0.25, 0.3) is 0 Å². The van der Waals surface area contributed by atoms with E-state index in [0.717, 1.165) is 25.1 Å². The zero-order chi connectivity index (χ0) is 13.5. The van der Waals surface area contributed by atoms with E-state index in [1.165, 1.54) is 11.1 Å². The van der Waals surface area contributed by atoms with Gasteiger partial charge >= 0.3 is 0 Å². The molecule has 1 aromatic rings. The molecule has 100 valence electrons. The van der Waals surface area contributed by atoms with Crippen molar-refractivity contribution in [2.24, 2.45) is 0 Å². The number of aryl methyl sites for hydroxylation is 2. The van der Waals surface area contributed by atoms with Crippen molar-refractivity contribution in [1.82, 2.24) is 4.90 Å². The first kappa shape index (κ1) is 14.6. The van der Waals surface area contributed by atoms with E-state index in [-0.39, 0.29) is 5.91 Å². The largest absolute Gasteiger partial charge is 0.376 e. The molecule has 0 aromatic heterocycles. The second-order valence-corrected chi connectivity index (χ2v) is 4.84. The van der Waals surface area contributed by atoms with Crippen molar-refractivity contribution >= 4 is 11.6 Å². The third-order valence-electron chi connectivity index (χ3n) is 3.08. The van der Waals surface area contributed by atoms with Crippen LogP contribution in [0, 0.1) is 13.8 Å².